The highest BCUT2D eigenvalue weighted by Crippen LogP contribution is 2.22. The Morgan fingerprint density at radius 2 is 1.92 bits per heavy atom. The van der Waals surface area contributed by atoms with E-state index in [1.165, 1.54) is 28.5 Å². The molecule has 1 heterocycles. The van der Waals surface area contributed by atoms with Crippen molar-refractivity contribution in [3.05, 3.63) is 50.7 Å². The Labute approximate surface area is 158 Å². The molecule has 1 amide bonds. The Kier molecular flexibility index (Phi) is 7.21. The maximum atomic E-state index is 12.0. The van der Waals surface area contributed by atoms with Crippen LogP contribution in [0.15, 0.2) is 24.3 Å². The van der Waals surface area contributed by atoms with E-state index in [2.05, 4.69) is 25.2 Å². The third kappa shape index (κ3) is 5.59. The van der Waals surface area contributed by atoms with Gasteiger partial charge in [-0.2, -0.15) is 0 Å². The normalized spacial score (nSPS) is 10.6. The molecule has 0 aliphatic rings. The molecule has 6 heteroatoms. The molecule has 0 atom stereocenters. The number of benzene rings is 1. The number of nitrogens with one attached hydrogen (secondary N) is 1. The van der Waals surface area contributed by atoms with Crippen LogP contribution in [0.2, 0.25) is 0 Å². The van der Waals surface area contributed by atoms with Crippen LogP contribution < -0.4 is 10.1 Å². The van der Waals surface area contributed by atoms with Gasteiger partial charge < -0.3 is 15.2 Å². The number of carboxylic acid groups (broad SMARTS) is 1. The smallest absolute Gasteiger partial charge is 0.335 e. The van der Waals surface area contributed by atoms with Crippen molar-refractivity contribution < 1.29 is 19.4 Å². The summed E-state index contributed by atoms with van der Waals surface area (Å²) < 4.78 is 5.25. The summed E-state index contributed by atoms with van der Waals surface area (Å²) in [5.41, 5.74) is 2.40. The summed E-state index contributed by atoms with van der Waals surface area (Å²) in [7, 11) is 1.51. The zero-order valence-corrected chi connectivity index (χ0v) is 16.2. The zero-order valence-electron chi connectivity index (χ0n) is 15.4. The Morgan fingerprint density at radius 1 is 1.15 bits per heavy atom. The lowest BCUT2D eigenvalue weighted by Crippen LogP contribution is -2.25. The lowest BCUT2D eigenvalue weighted by atomic mass is 10.1. The number of hydrogen-bond acceptors (Lipinski definition) is 4. The SMILES string of the molecule is COc1cc(C(=O)O)ccc1CCNC(=O)CCCc1cc(C)sc1C. The molecule has 0 spiro atoms. The van der Waals surface area contributed by atoms with E-state index in [1.807, 2.05) is 0 Å². The standard InChI is InChI=1S/C20H25NO4S/c1-13-11-16(14(2)26-13)5-4-6-19(22)21-10-9-15-7-8-17(20(23)24)12-18(15)25-3/h7-8,11-12H,4-6,9-10H2,1-3H3,(H,21,22)(H,23,24). The fraction of sp³-hybridized carbons (Fsp3) is 0.400. The summed E-state index contributed by atoms with van der Waals surface area (Å²) in [5, 5.41) is 11.9. The highest BCUT2D eigenvalue weighted by Gasteiger charge is 2.10. The lowest BCUT2D eigenvalue weighted by Gasteiger charge is -2.10. The minimum absolute atomic E-state index is 0.0377. The van der Waals surface area contributed by atoms with Crippen LogP contribution in [0.25, 0.3) is 0 Å². The predicted molar refractivity (Wildman–Crippen MR) is 103 cm³/mol. The summed E-state index contributed by atoms with van der Waals surface area (Å²) in [4.78, 5) is 25.6. The number of carbonyl (C=O) groups excluding carboxylic acids is 1. The number of amides is 1. The fourth-order valence-electron chi connectivity index (χ4n) is 2.88. The average molecular weight is 375 g/mol. The van der Waals surface area contributed by atoms with E-state index in [-0.39, 0.29) is 11.5 Å². The maximum Gasteiger partial charge on any atom is 0.335 e. The first-order valence-electron chi connectivity index (χ1n) is 8.63. The second kappa shape index (κ2) is 9.38. The summed E-state index contributed by atoms with van der Waals surface area (Å²) in [6, 6.07) is 6.99. The van der Waals surface area contributed by atoms with Crippen LogP contribution in [0.1, 0.15) is 44.1 Å². The van der Waals surface area contributed by atoms with Crippen LogP contribution in [0.3, 0.4) is 0 Å². The van der Waals surface area contributed by atoms with Crippen molar-refractivity contribution in [1.29, 1.82) is 0 Å². The molecule has 0 aliphatic carbocycles. The van der Waals surface area contributed by atoms with E-state index >= 15 is 0 Å². The van der Waals surface area contributed by atoms with Gasteiger partial charge in [0.15, 0.2) is 0 Å². The molecule has 1 aromatic carbocycles. The molecule has 0 saturated carbocycles. The lowest BCUT2D eigenvalue weighted by molar-refractivity contribution is -0.121. The zero-order chi connectivity index (χ0) is 19.1. The van der Waals surface area contributed by atoms with E-state index in [0.29, 0.717) is 25.1 Å². The number of ether oxygens (including phenoxy) is 1. The number of aryl methyl sites for hydroxylation is 3. The minimum atomic E-state index is -0.987. The molecule has 0 saturated heterocycles. The number of aromatic carboxylic acids is 1. The number of thiophene rings is 1. The van der Waals surface area contributed by atoms with Crippen LogP contribution >= 0.6 is 11.3 Å². The number of hydrogen-bond donors (Lipinski definition) is 2. The summed E-state index contributed by atoms with van der Waals surface area (Å²) in [6.45, 7) is 4.72. The van der Waals surface area contributed by atoms with Crippen LogP contribution in [0.5, 0.6) is 5.75 Å². The second-order valence-electron chi connectivity index (χ2n) is 6.22. The molecule has 5 nitrogen and oxygen atoms in total. The Balaban J connectivity index is 1.76. The number of carboxylic acids is 1. The van der Waals surface area contributed by atoms with Crippen LogP contribution in [0.4, 0.5) is 0 Å². The van der Waals surface area contributed by atoms with Gasteiger partial charge >= 0.3 is 5.97 Å². The molecule has 0 radical (unpaired) electrons. The van der Waals surface area contributed by atoms with E-state index in [9.17, 15) is 9.59 Å². The number of carbonyl (C=O) groups is 2. The molecule has 0 aliphatic heterocycles. The number of rotatable bonds is 9. The monoisotopic (exact) mass is 375 g/mol. The first-order chi connectivity index (χ1) is 12.4. The Bertz CT molecular complexity index is 782. The van der Waals surface area contributed by atoms with Gasteiger partial charge in [0.2, 0.25) is 5.91 Å². The third-order valence-corrected chi connectivity index (χ3v) is 5.25. The van der Waals surface area contributed by atoms with Crippen molar-refractivity contribution in [3.8, 4) is 5.75 Å². The highest BCUT2D eigenvalue weighted by atomic mass is 32.1. The molecule has 2 N–H and O–H groups in total. The molecular weight excluding hydrogens is 350 g/mol. The first-order valence-corrected chi connectivity index (χ1v) is 9.45. The minimum Gasteiger partial charge on any atom is -0.496 e. The van der Waals surface area contributed by atoms with E-state index in [4.69, 9.17) is 9.84 Å². The second-order valence-corrected chi connectivity index (χ2v) is 7.68. The molecule has 0 unspecified atom stereocenters. The third-order valence-electron chi connectivity index (χ3n) is 4.24. The van der Waals surface area contributed by atoms with Gasteiger partial charge in [0.05, 0.1) is 12.7 Å². The predicted octanol–water partition coefficient (Wildman–Crippen LogP) is 3.75. The fourth-order valence-corrected chi connectivity index (χ4v) is 3.86. The molecule has 0 fully saturated rings. The van der Waals surface area contributed by atoms with E-state index in [1.54, 1.807) is 23.5 Å². The van der Waals surface area contributed by atoms with Gasteiger partial charge in [-0.1, -0.05) is 6.07 Å². The maximum absolute atomic E-state index is 12.0. The molecule has 2 rings (SSSR count). The van der Waals surface area contributed by atoms with Crippen molar-refractivity contribution in [2.75, 3.05) is 13.7 Å². The molecular formula is C20H25NO4S. The van der Waals surface area contributed by atoms with Crippen LogP contribution in [0, 0.1) is 13.8 Å². The van der Waals surface area contributed by atoms with Gasteiger partial charge in [-0.25, -0.2) is 4.79 Å². The summed E-state index contributed by atoms with van der Waals surface area (Å²) in [5.74, 6) is -0.419. The van der Waals surface area contributed by atoms with E-state index < -0.39 is 5.97 Å². The van der Waals surface area contributed by atoms with Crippen LogP contribution in [-0.4, -0.2) is 30.6 Å². The average Bonchev–Trinajstić information content (AvgIpc) is 2.92. The summed E-state index contributed by atoms with van der Waals surface area (Å²) >= 11 is 1.80. The molecule has 26 heavy (non-hydrogen) atoms. The van der Waals surface area contributed by atoms with Gasteiger partial charge in [0, 0.05) is 22.7 Å². The van der Waals surface area contributed by atoms with Gasteiger partial charge in [-0.05, 0) is 62.4 Å². The molecule has 0 bridgehead atoms. The van der Waals surface area contributed by atoms with E-state index in [0.717, 1.165) is 18.4 Å². The van der Waals surface area contributed by atoms with Gasteiger partial charge in [-0.15, -0.1) is 11.3 Å². The van der Waals surface area contributed by atoms with Gasteiger partial charge in [0.1, 0.15) is 5.75 Å². The molecule has 1 aromatic heterocycles. The largest absolute Gasteiger partial charge is 0.496 e. The highest BCUT2D eigenvalue weighted by molar-refractivity contribution is 7.12. The quantitative estimate of drug-likeness (QED) is 0.700. The van der Waals surface area contributed by atoms with Crippen molar-refractivity contribution in [3.63, 3.8) is 0 Å². The van der Waals surface area contributed by atoms with Crippen molar-refractivity contribution >= 4 is 23.2 Å². The topological polar surface area (TPSA) is 75.6 Å². The first kappa shape index (κ1) is 20.0. The van der Waals surface area contributed by atoms with Crippen molar-refractivity contribution in [2.45, 2.75) is 39.5 Å². The van der Waals surface area contributed by atoms with Crippen molar-refractivity contribution in [1.82, 2.24) is 5.32 Å². The molecule has 140 valence electrons. The molecule has 2 aromatic rings. The number of methoxy groups -OCH3 is 1. The summed E-state index contributed by atoms with van der Waals surface area (Å²) in [6.07, 6.45) is 2.86. The van der Waals surface area contributed by atoms with Crippen LogP contribution in [-0.2, 0) is 17.6 Å². The van der Waals surface area contributed by atoms with Gasteiger partial charge in [0.25, 0.3) is 0 Å². The van der Waals surface area contributed by atoms with Gasteiger partial charge in [-0.3, -0.25) is 4.79 Å². The van der Waals surface area contributed by atoms with Crippen molar-refractivity contribution in [2.24, 2.45) is 0 Å². The Morgan fingerprint density at radius 3 is 2.54 bits per heavy atom. The Hall–Kier alpha value is -2.34.